The zero-order valence-electron chi connectivity index (χ0n) is 21.1. The first-order chi connectivity index (χ1) is 17.9. The van der Waals surface area contributed by atoms with Crippen molar-refractivity contribution in [3.05, 3.63) is 120 Å². The minimum atomic E-state index is -0.686. The van der Waals surface area contributed by atoms with Crippen molar-refractivity contribution in [3.63, 3.8) is 0 Å². The van der Waals surface area contributed by atoms with Gasteiger partial charge in [-0.25, -0.2) is 4.39 Å². The fraction of sp³-hybridized carbons (Fsp3) is 0.250. The Morgan fingerprint density at radius 2 is 1.84 bits per heavy atom. The molecule has 4 nitrogen and oxygen atoms in total. The van der Waals surface area contributed by atoms with Crippen LogP contribution >= 0.6 is 0 Å². The maximum atomic E-state index is 13.3. The Labute approximate surface area is 218 Å². The van der Waals surface area contributed by atoms with Crippen LogP contribution in [-0.4, -0.2) is 26.8 Å². The smallest absolute Gasteiger partial charge is 0.123 e. The average molecular weight is 500 g/mol. The molecule has 0 aromatic heterocycles. The quantitative estimate of drug-likeness (QED) is 0.268. The van der Waals surface area contributed by atoms with Crippen LogP contribution < -0.4 is 0 Å². The van der Waals surface area contributed by atoms with Crippen molar-refractivity contribution < 1.29 is 19.7 Å². The number of hydrogen-bond donors (Lipinski definition) is 3. The van der Waals surface area contributed by atoms with Crippen LogP contribution in [0.5, 0.6) is 11.5 Å². The van der Waals surface area contributed by atoms with Gasteiger partial charge < -0.3 is 20.2 Å². The molecule has 1 heterocycles. The number of nitrogens with zero attached hydrogens (tertiary/aromatic N) is 1. The van der Waals surface area contributed by atoms with Crippen LogP contribution in [0.15, 0.2) is 103 Å². The van der Waals surface area contributed by atoms with E-state index in [-0.39, 0.29) is 29.3 Å². The highest BCUT2D eigenvalue weighted by Crippen LogP contribution is 2.46. The van der Waals surface area contributed by atoms with E-state index in [0.717, 1.165) is 41.8 Å². The number of phenolic OH excluding ortho intramolecular Hbond substituents is 2. The van der Waals surface area contributed by atoms with Crippen LogP contribution in [0.25, 0.3) is 11.1 Å². The highest BCUT2D eigenvalue weighted by Gasteiger charge is 2.37. The summed E-state index contributed by atoms with van der Waals surface area (Å²) in [6.45, 7) is 6.78. The number of likely N-dealkylation sites (tertiary alicyclic amines) is 1. The summed E-state index contributed by atoms with van der Waals surface area (Å²) in [6, 6.07) is 18.5. The first-order valence-electron chi connectivity index (χ1n) is 12.7. The van der Waals surface area contributed by atoms with Crippen LogP contribution in [0, 0.1) is 11.7 Å². The monoisotopic (exact) mass is 499 g/mol. The van der Waals surface area contributed by atoms with E-state index in [9.17, 15) is 19.7 Å². The van der Waals surface area contributed by atoms with Gasteiger partial charge in [-0.05, 0) is 91.3 Å². The topological polar surface area (TPSA) is 63.9 Å². The van der Waals surface area contributed by atoms with Gasteiger partial charge in [0.1, 0.15) is 17.3 Å². The lowest BCUT2D eigenvalue weighted by Gasteiger charge is -2.32. The van der Waals surface area contributed by atoms with Crippen LogP contribution in [0.3, 0.4) is 0 Å². The van der Waals surface area contributed by atoms with Crippen molar-refractivity contribution >= 4 is 0 Å². The molecule has 1 aliphatic rings. The first kappa shape index (κ1) is 26.2. The van der Waals surface area contributed by atoms with Crippen LogP contribution in [0.4, 0.5) is 4.39 Å². The lowest BCUT2D eigenvalue weighted by atomic mass is 9.86. The SMILES string of the molecule is C=C/C(=C\C=C/C)N1CCC(CCC(O)c2ccc(F)cc2)C1c1ccc(-c2cccc(O)c2)cc1O. The highest BCUT2D eigenvalue weighted by atomic mass is 19.1. The van der Waals surface area contributed by atoms with E-state index in [4.69, 9.17) is 0 Å². The molecule has 0 bridgehead atoms. The Morgan fingerprint density at radius 1 is 1.08 bits per heavy atom. The molecule has 3 unspecified atom stereocenters. The lowest BCUT2D eigenvalue weighted by Crippen LogP contribution is -2.25. The molecule has 3 aromatic rings. The molecule has 0 saturated carbocycles. The molecule has 3 atom stereocenters. The molecule has 1 aliphatic heterocycles. The number of aromatic hydroxyl groups is 2. The predicted octanol–water partition coefficient (Wildman–Crippen LogP) is 7.43. The second kappa shape index (κ2) is 11.9. The number of halogens is 1. The first-order valence-corrected chi connectivity index (χ1v) is 12.7. The molecule has 0 spiro atoms. The van der Waals surface area contributed by atoms with Crippen molar-refractivity contribution in [2.75, 3.05) is 6.54 Å². The Kier molecular flexibility index (Phi) is 8.47. The number of phenols is 2. The molecule has 0 radical (unpaired) electrons. The summed E-state index contributed by atoms with van der Waals surface area (Å²) in [7, 11) is 0. The molecule has 0 aliphatic carbocycles. The molecule has 1 saturated heterocycles. The number of allylic oxidation sites excluding steroid dienone is 4. The van der Waals surface area contributed by atoms with Crippen molar-refractivity contribution in [1.29, 1.82) is 0 Å². The van der Waals surface area contributed by atoms with Gasteiger partial charge in [-0.2, -0.15) is 0 Å². The number of hydrogen-bond acceptors (Lipinski definition) is 4. The molecule has 0 amide bonds. The zero-order valence-corrected chi connectivity index (χ0v) is 21.1. The third-order valence-corrected chi connectivity index (χ3v) is 7.12. The van der Waals surface area contributed by atoms with Gasteiger partial charge in [-0.15, -0.1) is 0 Å². The van der Waals surface area contributed by atoms with Crippen LogP contribution in [0.1, 0.15) is 49.5 Å². The molecule has 192 valence electrons. The van der Waals surface area contributed by atoms with Gasteiger partial charge in [0.05, 0.1) is 12.1 Å². The molecule has 5 heteroatoms. The number of rotatable bonds is 9. The minimum Gasteiger partial charge on any atom is -0.508 e. The Morgan fingerprint density at radius 3 is 2.51 bits per heavy atom. The summed E-state index contributed by atoms with van der Waals surface area (Å²) < 4.78 is 13.3. The third kappa shape index (κ3) is 6.12. The summed E-state index contributed by atoms with van der Waals surface area (Å²) in [5, 5.41) is 31.8. The van der Waals surface area contributed by atoms with Crippen LogP contribution in [0.2, 0.25) is 0 Å². The van der Waals surface area contributed by atoms with E-state index in [1.807, 2.05) is 49.4 Å². The van der Waals surface area contributed by atoms with Gasteiger partial charge >= 0.3 is 0 Å². The van der Waals surface area contributed by atoms with Gasteiger partial charge in [-0.1, -0.05) is 55.1 Å². The fourth-order valence-electron chi connectivity index (χ4n) is 5.23. The molecule has 37 heavy (non-hydrogen) atoms. The fourth-order valence-corrected chi connectivity index (χ4v) is 5.23. The van der Waals surface area contributed by atoms with Crippen molar-refractivity contribution in [2.24, 2.45) is 5.92 Å². The normalized spacial score (nSPS) is 18.9. The van der Waals surface area contributed by atoms with Crippen molar-refractivity contribution in [1.82, 2.24) is 4.90 Å². The molecular formula is C32H34FNO3. The largest absolute Gasteiger partial charge is 0.508 e. The van der Waals surface area contributed by atoms with Gasteiger partial charge in [0, 0.05) is 17.8 Å². The summed E-state index contributed by atoms with van der Waals surface area (Å²) in [5.41, 5.74) is 4.13. The summed E-state index contributed by atoms with van der Waals surface area (Å²) in [4.78, 5) is 2.27. The average Bonchev–Trinajstić information content (AvgIpc) is 3.31. The standard InChI is InChI=1S/C32H34FNO3/c1-3-5-8-27(4-2)34-19-18-23(13-17-30(36)22-10-14-26(33)15-11-22)32(34)29-16-12-25(21-31(29)37)24-7-6-9-28(35)20-24/h3-12,14-16,20-21,23,30,32,35-37H,2,13,17-19H2,1H3/b5-3-,27-8+. The summed E-state index contributed by atoms with van der Waals surface area (Å²) in [6.07, 6.45) is 9.28. The molecule has 3 aromatic carbocycles. The molecular weight excluding hydrogens is 465 g/mol. The maximum Gasteiger partial charge on any atom is 0.123 e. The molecule has 4 rings (SSSR count). The number of aliphatic hydroxyl groups is 1. The Bertz CT molecular complexity index is 1280. The Hall–Kier alpha value is -3.83. The van der Waals surface area contributed by atoms with Crippen LogP contribution in [-0.2, 0) is 0 Å². The van der Waals surface area contributed by atoms with Gasteiger partial charge in [0.25, 0.3) is 0 Å². The second-order valence-corrected chi connectivity index (χ2v) is 9.48. The summed E-state index contributed by atoms with van der Waals surface area (Å²) >= 11 is 0. The summed E-state index contributed by atoms with van der Waals surface area (Å²) in [5.74, 6) is 0.224. The van der Waals surface area contributed by atoms with E-state index in [0.29, 0.717) is 12.0 Å². The lowest BCUT2D eigenvalue weighted by molar-refractivity contribution is 0.151. The van der Waals surface area contributed by atoms with Gasteiger partial charge in [0.15, 0.2) is 0 Å². The Balaban J connectivity index is 1.63. The third-order valence-electron chi connectivity index (χ3n) is 7.12. The number of benzene rings is 3. The minimum absolute atomic E-state index is 0.104. The number of aliphatic hydroxyl groups excluding tert-OH is 1. The zero-order chi connectivity index (χ0) is 26.4. The van der Waals surface area contributed by atoms with Gasteiger partial charge in [-0.3, -0.25) is 0 Å². The molecule has 1 fully saturated rings. The second-order valence-electron chi connectivity index (χ2n) is 9.48. The maximum absolute atomic E-state index is 13.3. The van der Waals surface area contributed by atoms with E-state index < -0.39 is 6.10 Å². The highest BCUT2D eigenvalue weighted by molar-refractivity contribution is 5.67. The van der Waals surface area contributed by atoms with Crippen molar-refractivity contribution in [2.45, 2.75) is 38.3 Å². The van der Waals surface area contributed by atoms with E-state index in [1.54, 1.807) is 36.4 Å². The van der Waals surface area contributed by atoms with E-state index >= 15 is 0 Å². The van der Waals surface area contributed by atoms with E-state index in [1.165, 1.54) is 12.1 Å². The van der Waals surface area contributed by atoms with E-state index in [2.05, 4.69) is 11.5 Å². The van der Waals surface area contributed by atoms with Crippen molar-refractivity contribution in [3.8, 4) is 22.6 Å². The molecule has 3 N–H and O–H groups in total. The van der Waals surface area contributed by atoms with Gasteiger partial charge in [0.2, 0.25) is 0 Å². The predicted molar refractivity (Wildman–Crippen MR) is 146 cm³/mol.